The molecular weight excluding hydrogens is 198 g/mol. The Morgan fingerprint density at radius 3 is 2.88 bits per heavy atom. The van der Waals surface area contributed by atoms with Crippen LogP contribution in [0.3, 0.4) is 0 Å². The van der Waals surface area contributed by atoms with Gasteiger partial charge in [-0.1, -0.05) is 26.0 Å². The minimum absolute atomic E-state index is 0.616. The maximum absolute atomic E-state index is 4.15. The third-order valence-corrected chi connectivity index (χ3v) is 2.17. The highest BCUT2D eigenvalue weighted by Gasteiger charge is 2.01. The maximum atomic E-state index is 4.15. The molecule has 0 radical (unpaired) electrons. The van der Waals surface area contributed by atoms with E-state index >= 15 is 0 Å². The predicted molar refractivity (Wildman–Crippen MR) is 65.9 cm³/mol. The molecule has 0 saturated heterocycles. The van der Waals surface area contributed by atoms with Crippen LogP contribution in [-0.2, 0) is 13.0 Å². The summed E-state index contributed by atoms with van der Waals surface area (Å²) in [5, 5.41) is 8.25. The first-order valence-corrected chi connectivity index (χ1v) is 6.07. The first-order chi connectivity index (χ1) is 7.72. The Labute approximate surface area is 98.2 Å². The summed E-state index contributed by atoms with van der Waals surface area (Å²) < 4.78 is 1.93. The quantitative estimate of drug-likeness (QED) is 0.563. The Kier molecular flexibility index (Phi) is 5.63. The molecule has 0 amide bonds. The summed E-state index contributed by atoms with van der Waals surface area (Å²) in [5.41, 5.74) is 1.08. The SMILES string of the molecule is CCC#CCCCc1cn(CC(C)C)nn1. The molecular formula is C13H21N3. The van der Waals surface area contributed by atoms with E-state index in [2.05, 4.69) is 42.9 Å². The molecule has 3 heteroatoms. The Hall–Kier alpha value is -1.30. The lowest BCUT2D eigenvalue weighted by Gasteiger charge is -2.01. The van der Waals surface area contributed by atoms with Crippen LogP contribution in [0.2, 0.25) is 0 Å². The van der Waals surface area contributed by atoms with Gasteiger partial charge in [-0.25, -0.2) is 0 Å². The second-order valence-electron chi connectivity index (χ2n) is 4.39. The van der Waals surface area contributed by atoms with Crippen molar-refractivity contribution in [3.8, 4) is 11.8 Å². The summed E-state index contributed by atoms with van der Waals surface area (Å²) in [6, 6.07) is 0. The standard InChI is InChI=1S/C13H21N3/c1-4-5-6-7-8-9-13-11-16(15-14-13)10-12(2)3/h11-12H,4,7-10H2,1-3H3. The molecule has 1 aromatic rings. The Bertz CT molecular complexity index is 355. The van der Waals surface area contributed by atoms with Crippen molar-refractivity contribution in [2.45, 2.75) is 53.0 Å². The number of hydrogen-bond donors (Lipinski definition) is 0. The van der Waals surface area contributed by atoms with Crippen LogP contribution in [0.25, 0.3) is 0 Å². The summed E-state index contributed by atoms with van der Waals surface area (Å²) >= 11 is 0. The molecule has 1 aromatic heterocycles. The van der Waals surface area contributed by atoms with E-state index in [0.29, 0.717) is 5.92 Å². The molecule has 16 heavy (non-hydrogen) atoms. The fraction of sp³-hybridized carbons (Fsp3) is 0.692. The van der Waals surface area contributed by atoms with E-state index in [0.717, 1.165) is 37.9 Å². The van der Waals surface area contributed by atoms with Crippen molar-refractivity contribution in [2.24, 2.45) is 5.92 Å². The normalized spacial score (nSPS) is 10.2. The highest BCUT2D eigenvalue weighted by molar-refractivity contribution is 4.99. The average molecular weight is 219 g/mol. The van der Waals surface area contributed by atoms with Gasteiger partial charge >= 0.3 is 0 Å². The molecule has 0 N–H and O–H groups in total. The van der Waals surface area contributed by atoms with Gasteiger partial charge in [0.05, 0.1) is 5.69 Å². The second-order valence-corrected chi connectivity index (χ2v) is 4.39. The molecule has 0 fully saturated rings. The number of aromatic nitrogens is 3. The van der Waals surface area contributed by atoms with Gasteiger partial charge in [0.25, 0.3) is 0 Å². The van der Waals surface area contributed by atoms with Crippen LogP contribution < -0.4 is 0 Å². The molecule has 0 aliphatic carbocycles. The molecule has 0 bridgehead atoms. The second kappa shape index (κ2) is 7.05. The van der Waals surface area contributed by atoms with Gasteiger partial charge in [-0.05, 0) is 18.8 Å². The summed E-state index contributed by atoms with van der Waals surface area (Å²) in [6.45, 7) is 7.39. The highest BCUT2D eigenvalue weighted by atomic mass is 15.4. The minimum Gasteiger partial charge on any atom is -0.252 e. The topological polar surface area (TPSA) is 30.7 Å². The van der Waals surface area contributed by atoms with Gasteiger partial charge in [-0.15, -0.1) is 16.9 Å². The number of unbranched alkanes of at least 4 members (excludes halogenated alkanes) is 1. The van der Waals surface area contributed by atoms with Crippen molar-refractivity contribution in [2.75, 3.05) is 0 Å². The van der Waals surface area contributed by atoms with Crippen molar-refractivity contribution in [1.82, 2.24) is 15.0 Å². The zero-order chi connectivity index (χ0) is 11.8. The zero-order valence-corrected chi connectivity index (χ0v) is 10.5. The van der Waals surface area contributed by atoms with Crippen LogP contribution >= 0.6 is 0 Å². The van der Waals surface area contributed by atoms with Crippen molar-refractivity contribution in [3.05, 3.63) is 11.9 Å². The fourth-order valence-corrected chi connectivity index (χ4v) is 1.49. The van der Waals surface area contributed by atoms with Crippen LogP contribution in [0.4, 0.5) is 0 Å². The average Bonchev–Trinajstić information content (AvgIpc) is 2.64. The molecule has 0 aromatic carbocycles. The summed E-state index contributed by atoms with van der Waals surface area (Å²) in [6.07, 6.45) is 6.02. The van der Waals surface area contributed by atoms with E-state index in [1.807, 2.05) is 10.9 Å². The molecule has 0 saturated carbocycles. The molecule has 0 unspecified atom stereocenters. The predicted octanol–water partition coefficient (Wildman–Crippen LogP) is 2.67. The van der Waals surface area contributed by atoms with Gasteiger partial charge in [-0.2, -0.15) is 0 Å². The summed E-state index contributed by atoms with van der Waals surface area (Å²) in [5.74, 6) is 6.83. The van der Waals surface area contributed by atoms with Crippen LogP contribution in [0.15, 0.2) is 6.20 Å². The van der Waals surface area contributed by atoms with Gasteiger partial charge in [0, 0.05) is 25.6 Å². The van der Waals surface area contributed by atoms with Gasteiger partial charge < -0.3 is 0 Å². The minimum atomic E-state index is 0.616. The van der Waals surface area contributed by atoms with Gasteiger partial charge in [0.2, 0.25) is 0 Å². The number of rotatable bonds is 5. The van der Waals surface area contributed by atoms with Crippen molar-refractivity contribution >= 4 is 0 Å². The van der Waals surface area contributed by atoms with E-state index in [1.165, 1.54) is 0 Å². The maximum Gasteiger partial charge on any atom is 0.0827 e. The van der Waals surface area contributed by atoms with E-state index < -0.39 is 0 Å². The first kappa shape index (κ1) is 12.8. The van der Waals surface area contributed by atoms with E-state index in [-0.39, 0.29) is 0 Å². The third-order valence-electron chi connectivity index (χ3n) is 2.17. The molecule has 0 aliphatic rings. The number of nitrogens with zero attached hydrogens (tertiary/aromatic N) is 3. The lowest BCUT2D eigenvalue weighted by molar-refractivity contribution is 0.472. The van der Waals surface area contributed by atoms with Crippen LogP contribution in [0.5, 0.6) is 0 Å². The summed E-state index contributed by atoms with van der Waals surface area (Å²) in [7, 11) is 0. The Morgan fingerprint density at radius 2 is 2.19 bits per heavy atom. The lowest BCUT2D eigenvalue weighted by Crippen LogP contribution is -2.04. The van der Waals surface area contributed by atoms with Crippen molar-refractivity contribution in [1.29, 1.82) is 0 Å². The van der Waals surface area contributed by atoms with E-state index in [1.54, 1.807) is 0 Å². The molecule has 1 rings (SSSR count). The third kappa shape index (κ3) is 4.97. The molecule has 1 heterocycles. The monoisotopic (exact) mass is 219 g/mol. The van der Waals surface area contributed by atoms with Gasteiger partial charge in [-0.3, -0.25) is 4.68 Å². The summed E-state index contributed by atoms with van der Waals surface area (Å²) in [4.78, 5) is 0. The van der Waals surface area contributed by atoms with Crippen LogP contribution in [0, 0.1) is 17.8 Å². The van der Waals surface area contributed by atoms with Crippen molar-refractivity contribution < 1.29 is 0 Å². The zero-order valence-electron chi connectivity index (χ0n) is 10.5. The van der Waals surface area contributed by atoms with Crippen LogP contribution in [0.1, 0.15) is 45.7 Å². The Morgan fingerprint density at radius 1 is 1.38 bits per heavy atom. The van der Waals surface area contributed by atoms with Crippen LogP contribution in [-0.4, -0.2) is 15.0 Å². The molecule has 88 valence electrons. The highest BCUT2D eigenvalue weighted by Crippen LogP contribution is 2.03. The molecule has 0 spiro atoms. The Balaban J connectivity index is 2.29. The lowest BCUT2D eigenvalue weighted by atomic mass is 10.2. The molecule has 0 aliphatic heterocycles. The van der Waals surface area contributed by atoms with E-state index in [9.17, 15) is 0 Å². The largest absolute Gasteiger partial charge is 0.252 e. The van der Waals surface area contributed by atoms with Gasteiger partial charge in [0.1, 0.15) is 0 Å². The molecule has 3 nitrogen and oxygen atoms in total. The fourth-order valence-electron chi connectivity index (χ4n) is 1.49. The van der Waals surface area contributed by atoms with E-state index in [4.69, 9.17) is 0 Å². The smallest absolute Gasteiger partial charge is 0.0827 e. The molecule has 0 atom stereocenters. The number of aryl methyl sites for hydroxylation is 1. The number of hydrogen-bond acceptors (Lipinski definition) is 2. The van der Waals surface area contributed by atoms with Gasteiger partial charge in [0.15, 0.2) is 0 Å². The first-order valence-electron chi connectivity index (χ1n) is 6.07. The van der Waals surface area contributed by atoms with Crippen molar-refractivity contribution in [3.63, 3.8) is 0 Å².